The number of carboxylic acids is 1. The molecule has 0 aliphatic heterocycles. The van der Waals surface area contributed by atoms with E-state index in [1.54, 1.807) is 6.07 Å². The minimum Gasteiger partial charge on any atom is -0.478 e. The lowest BCUT2D eigenvalue weighted by Gasteiger charge is -2.15. The van der Waals surface area contributed by atoms with Gasteiger partial charge >= 0.3 is 5.97 Å². The third-order valence-electron chi connectivity index (χ3n) is 3.28. The van der Waals surface area contributed by atoms with E-state index in [2.05, 4.69) is 9.71 Å². The van der Waals surface area contributed by atoms with Gasteiger partial charge in [0.2, 0.25) is 10.0 Å². The third-order valence-corrected chi connectivity index (χ3v) is 5.05. The lowest BCUT2D eigenvalue weighted by atomic mass is 10.1. The van der Waals surface area contributed by atoms with Crippen LogP contribution in [0.15, 0.2) is 35.4 Å². The maximum atomic E-state index is 14.2. The minimum atomic E-state index is -4.29. The van der Waals surface area contributed by atoms with Crippen LogP contribution >= 0.6 is 11.6 Å². The Morgan fingerprint density at radius 1 is 1.38 bits per heavy atom. The molecule has 0 fully saturated rings. The summed E-state index contributed by atoms with van der Waals surface area (Å²) in [5, 5.41) is 9.41. The maximum Gasteiger partial charge on any atom is 0.335 e. The molecule has 2 rings (SSSR count). The number of aromatic carboxylic acids is 1. The quantitative estimate of drug-likeness (QED) is 0.841. The summed E-state index contributed by atoms with van der Waals surface area (Å²) in [5.41, 5.74) is -0.00594. The van der Waals surface area contributed by atoms with E-state index in [4.69, 9.17) is 16.7 Å². The van der Waals surface area contributed by atoms with Crippen molar-refractivity contribution in [3.63, 3.8) is 0 Å². The largest absolute Gasteiger partial charge is 0.478 e. The molecule has 0 aliphatic carbocycles. The van der Waals surface area contributed by atoms with Crippen LogP contribution in [0, 0.1) is 12.7 Å². The summed E-state index contributed by atoms with van der Waals surface area (Å²) in [5.74, 6) is -2.34. The lowest BCUT2D eigenvalue weighted by molar-refractivity contribution is 0.0696. The molecule has 0 unspecified atom stereocenters. The van der Waals surface area contributed by atoms with Gasteiger partial charge in [-0.05, 0) is 43.7 Å². The highest BCUT2D eigenvalue weighted by Gasteiger charge is 2.25. The van der Waals surface area contributed by atoms with Gasteiger partial charge in [0.15, 0.2) is 0 Å². The number of carbonyl (C=O) groups is 1. The van der Waals surface area contributed by atoms with Gasteiger partial charge in [-0.2, -0.15) is 0 Å². The smallest absolute Gasteiger partial charge is 0.335 e. The van der Waals surface area contributed by atoms with Crippen molar-refractivity contribution in [3.8, 4) is 0 Å². The molecule has 0 saturated heterocycles. The number of benzene rings is 1. The molecule has 0 amide bonds. The van der Waals surface area contributed by atoms with Gasteiger partial charge in [-0.25, -0.2) is 22.3 Å². The van der Waals surface area contributed by atoms with E-state index in [-0.39, 0.29) is 11.1 Å². The van der Waals surface area contributed by atoms with Crippen molar-refractivity contribution < 1.29 is 22.7 Å². The number of aromatic nitrogens is 1. The number of hydrogen-bond acceptors (Lipinski definition) is 4. The summed E-state index contributed by atoms with van der Waals surface area (Å²) >= 11 is 5.72. The van der Waals surface area contributed by atoms with Gasteiger partial charge in [-0.3, -0.25) is 4.98 Å². The second kappa shape index (κ2) is 6.84. The number of carboxylic acid groups (broad SMARTS) is 1. The Labute approximate surface area is 143 Å². The van der Waals surface area contributed by atoms with Crippen LogP contribution in [0.4, 0.5) is 4.39 Å². The molecule has 1 heterocycles. The number of sulfonamides is 1. The van der Waals surface area contributed by atoms with Crippen LogP contribution in [-0.4, -0.2) is 24.5 Å². The molecule has 24 heavy (non-hydrogen) atoms. The summed E-state index contributed by atoms with van der Waals surface area (Å²) in [4.78, 5) is 14.3. The van der Waals surface area contributed by atoms with Crippen LogP contribution in [0.5, 0.6) is 0 Å². The predicted octanol–water partition coefficient (Wildman–Crippen LogP) is 2.92. The standard InChI is InChI=1S/C15H14ClFN2O4S/c1-8-5-10(15(20)21)6-13(14(8)17)24(22,23)19-9(2)12-4-3-11(16)7-18-12/h3-7,9,19H,1-2H3,(H,20,21)/t9-/m1/s1. The second-order valence-corrected chi connectivity index (χ2v) is 7.27. The fourth-order valence-corrected chi connectivity index (χ4v) is 3.56. The van der Waals surface area contributed by atoms with Crippen LogP contribution in [0.1, 0.15) is 34.6 Å². The Kier molecular flexibility index (Phi) is 5.22. The van der Waals surface area contributed by atoms with E-state index in [0.717, 1.165) is 12.1 Å². The first kappa shape index (κ1) is 18.3. The Balaban J connectivity index is 2.40. The summed E-state index contributed by atoms with van der Waals surface area (Å²) in [7, 11) is -4.29. The fraction of sp³-hybridized carbons (Fsp3) is 0.200. The van der Waals surface area contributed by atoms with Crippen LogP contribution in [0.2, 0.25) is 5.02 Å². The van der Waals surface area contributed by atoms with Crippen molar-refractivity contribution in [1.82, 2.24) is 9.71 Å². The average molecular weight is 373 g/mol. The molecular formula is C15H14ClFN2O4S. The number of pyridine rings is 1. The van der Waals surface area contributed by atoms with E-state index >= 15 is 0 Å². The van der Waals surface area contributed by atoms with Crippen molar-refractivity contribution in [1.29, 1.82) is 0 Å². The second-order valence-electron chi connectivity index (χ2n) is 5.15. The normalized spacial score (nSPS) is 12.8. The summed E-state index contributed by atoms with van der Waals surface area (Å²) in [6.45, 7) is 2.82. The Morgan fingerprint density at radius 2 is 2.04 bits per heavy atom. The molecule has 6 nitrogen and oxygen atoms in total. The number of halogens is 2. The highest BCUT2D eigenvalue weighted by Crippen LogP contribution is 2.23. The first-order chi connectivity index (χ1) is 11.1. The van der Waals surface area contributed by atoms with Crippen molar-refractivity contribution in [3.05, 3.63) is 58.1 Å². The highest BCUT2D eigenvalue weighted by atomic mass is 35.5. The van der Waals surface area contributed by atoms with Gasteiger partial charge in [-0.1, -0.05) is 11.6 Å². The van der Waals surface area contributed by atoms with E-state index in [1.807, 2.05) is 0 Å². The van der Waals surface area contributed by atoms with E-state index in [9.17, 15) is 17.6 Å². The molecule has 9 heteroatoms. The van der Waals surface area contributed by atoms with E-state index in [0.29, 0.717) is 10.7 Å². The Bertz CT molecular complexity index is 885. The van der Waals surface area contributed by atoms with Gasteiger partial charge in [0.05, 0.1) is 22.3 Å². The molecule has 0 bridgehead atoms. The molecule has 1 aromatic heterocycles. The molecule has 128 valence electrons. The van der Waals surface area contributed by atoms with Gasteiger partial charge in [0.1, 0.15) is 10.7 Å². The molecule has 1 aromatic carbocycles. The van der Waals surface area contributed by atoms with Gasteiger partial charge in [0, 0.05) is 6.20 Å². The summed E-state index contributed by atoms with van der Waals surface area (Å²) in [6, 6.07) is 4.17. The monoisotopic (exact) mass is 372 g/mol. The molecule has 0 radical (unpaired) electrons. The van der Waals surface area contributed by atoms with E-state index < -0.39 is 32.7 Å². The van der Waals surface area contributed by atoms with Crippen molar-refractivity contribution in [2.75, 3.05) is 0 Å². The van der Waals surface area contributed by atoms with Gasteiger partial charge in [-0.15, -0.1) is 0 Å². The zero-order valence-corrected chi connectivity index (χ0v) is 14.3. The molecule has 0 spiro atoms. The van der Waals surface area contributed by atoms with Crippen LogP contribution < -0.4 is 4.72 Å². The lowest BCUT2D eigenvalue weighted by Crippen LogP contribution is -2.28. The first-order valence-corrected chi connectivity index (χ1v) is 8.65. The van der Waals surface area contributed by atoms with Crippen LogP contribution in [0.25, 0.3) is 0 Å². The number of nitrogens with one attached hydrogen (secondary N) is 1. The molecular weight excluding hydrogens is 359 g/mol. The molecule has 0 aliphatic rings. The number of nitrogens with zero attached hydrogens (tertiary/aromatic N) is 1. The molecule has 2 N–H and O–H groups in total. The zero-order valence-electron chi connectivity index (χ0n) is 12.7. The SMILES string of the molecule is Cc1cc(C(=O)O)cc(S(=O)(=O)N[C@H](C)c2ccc(Cl)cn2)c1F. The number of aryl methyl sites for hydroxylation is 1. The van der Waals surface area contributed by atoms with Crippen molar-refractivity contribution >= 4 is 27.6 Å². The Hall–Kier alpha value is -2.03. The topological polar surface area (TPSA) is 96.4 Å². The minimum absolute atomic E-state index is 0.0763. The molecule has 0 saturated carbocycles. The van der Waals surface area contributed by atoms with Crippen molar-refractivity contribution in [2.45, 2.75) is 24.8 Å². The number of rotatable bonds is 5. The molecule has 2 aromatic rings. The Morgan fingerprint density at radius 3 is 2.58 bits per heavy atom. The zero-order chi connectivity index (χ0) is 18.1. The van der Waals surface area contributed by atoms with Gasteiger partial charge in [0.25, 0.3) is 0 Å². The highest BCUT2D eigenvalue weighted by molar-refractivity contribution is 7.89. The van der Waals surface area contributed by atoms with E-state index in [1.165, 1.54) is 26.1 Å². The third kappa shape index (κ3) is 3.89. The number of hydrogen-bond donors (Lipinski definition) is 2. The van der Waals surface area contributed by atoms with Crippen molar-refractivity contribution in [2.24, 2.45) is 0 Å². The fourth-order valence-electron chi connectivity index (χ4n) is 2.06. The predicted molar refractivity (Wildman–Crippen MR) is 86.1 cm³/mol. The summed E-state index contributed by atoms with van der Waals surface area (Å²) in [6.07, 6.45) is 1.36. The average Bonchev–Trinajstić information content (AvgIpc) is 2.49. The maximum absolute atomic E-state index is 14.2. The summed E-state index contributed by atoms with van der Waals surface area (Å²) < 4.78 is 41.3. The first-order valence-electron chi connectivity index (χ1n) is 6.79. The molecule has 1 atom stereocenters. The van der Waals surface area contributed by atoms with Crippen LogP contribution in [0.3, 0.4) is 0 Å². The van der Waals surface area contributed by atoms with Crippen LogP contribution in [-0.2, 0) is 10.0 Å². The van der Waals surface area contributed by atoms with Gasteiger partial charge < -0.3 is 5.11 Å².